The molecule has 0 radical (unpaired) electrons. The van der Waals surface area contributed by atoms with Gasteiger partial charge in [-0.3, -0.25) is 4.79 Å². The van der Waals surface area contributed by atoms with E-state index in [1.807, 2.05) is 0 Å². The van der Waals surface area contributed by atoms with Crippen molar-refractivity contribution in [2.75, 3.05) is 18.1 Å². The Morgan fingerprint density at radius 1 is 1.25 bits per heavy atom. The summed E-state index contributed by atoms with van der Waals surface area (Å²) in [6, 6.07) is 0. The number of hydrogen-bond acceptors (Lipinski definition) is 6. The molecule has 1 N–H and O–H groups in total. The first-order valence-corrected chi connectivity index (χ1v) is 8.95. The zero-order valence-electron chi connectivity index (χ0n) is 12.2. The van der Waals surface area contributed by atoms with Gasteiger partial charge in [-0.15, -0.1) is 0 Å². The molecule has 0 aliphatic heterocycles. The summed E-state index contributed by atoms with van der Waals surface area (Å²) in [6.45, 7) is 3.37. The molecule has 0 saturated carbocycles. The third-order valence-electron chi connectivity index (χ3n) is 2.21. The summed E-state index contributed by atoms with van der Waals surface area (Å²) in [4.78, 5) is 22.4. The first kappa shape index (κ1) is 26.5. The maximum atomic E-state index is 11.6. The predicted molar refractivity (Wildman–Crippen MR) is 62.5 cm³/mol. The Morgan fingerprint density at radius 3 is 2.00 bits per heavy atom. The number of rotatable bonds is 8. The Bertz CT molecular complexity index is 438. The predicted octanol–water partition coefficient (Wildman–Crippen LogP) is -6.08. The van der Waals surface area contributed by atoms with Crippen LogP contribution in [0.2, 0.25) is 0 Å². The van der Waals surface area contributed by atoms with E-state index in [1.165, 1.54) is 0 Å². The standard InChI is InChI=1S/C9H19O7PS.2Na/c1-7(2)5-17(12,13)6-8(9(10)11)3-4-18(14,15)16;;/h7-8H,3-6H2,1-2H3,(H,10,11)(H,12,13)(H,14,15,16);;/q;2*+1/p-2. The summed E-state index contributed by atoms with van der Waals surface area (Å²) in [7, 11) is -8.40. The van der Waals surface area contributed by atoms with Crippen LogP contribution in [-0.2, 0) is 19.5 Å². The summed E-state index contributed by atoms with van der Waals surface area (Å²) in [5.74, 6) is -3.76. The summed E-state index contributed by atoms with van der Waals surface area (Å²) in [5, 5.41) is 8.81. The number of aliphatic carboxylic acids is 1. The zero-order chi connectivity index (χ0) is 14.6. The molecule has 7 nitrogen and oxygen atoms in total. The van der Waals surface area contributed by atoms with Gasteiger partial charge in [0.05, 0.1) is 16.0 Å². The summed E-state index contributed by atoms with van der Waals surface area (Å²) >= 11 is 0. The maximum Gasteiger partial charge on any atom is 1.00 e. The second kappa shape index (κ2) is 11.2. The third-order valence-corrected chi connectivity index (χ3v) is 5.23. The van der Waals surface area contributed by atoms with Gasteiger partial charge in [0.1, 0.15) is 0 Å². The van der Waals surface area contributed by atoms with Crippen LogP contribution in [0.1, 0.15) is 20.3 Å². The van der Waals surface area contributed by atoms with Crippen LogP contribution in [0.15, 0.2) is 0 Å². The Balaban J connectivity index is -0.00000144. The van der Waals surface area contributed by atoms with Gasteiger partial charge in [-0.25, -0.2) is 8.42 Å². The molecule has 2 atom stereocenters. The topological polar surface area (TPSA) is 135 Å². The molecule has 0 aliphatic carbocycles. The first-order chi connectivity index (χ1) is 7.93. The van der Waals surface area contributed by atoms with Crippen LogP contribution >= 0.6 is 7.37 Å². The quantitative estimate of drug-likeness (QED) is 0.262. The maximum absolute atomic E-state index is 11.6. The van der Waals surface area contributed by atoms with Crippen molar-refractivity contribution in [2.24, 2.45) is 11.8 Å². The minimum atomic E-state index is -4.54. The molecular weight excluding hydrogens is 329 g/mol. The van der Waals surface area contributed by atoms with E-state index in [1.54, 1.807) is 13.8 Å². The Hall–Kier alpha value is 1.57. The zero-order valence-corrected chi connectivity index (χ0v) is 17.9. The molecule has 0 fully saturated rings. The molecule has 0 saturated heterocycles. The molecule has 0 aromatic rings. The third kappa shape index (κ3) is 14.5. The Kier molecular flexibility index (Phi) is 14.8. The van der Waals surface area contributed by atoms with E-state index < -0.39 is 47.7 Å². The molecule has 0 bridgehead atoms. The largest absolute Gasteiger partial charge is 1.00 e. The Labute approximate surface area is 163 Å². The average molecular weight is 346 g/mol. The van der Waals surface area contributed by atoms with Gasteiger partial charge < -0.3 is 19.1 Å². The molecule has 0 rings (SSSR count). The normalized spacial score (nSPS) is 15.7. The van der Waals surface area contributed by atoms with Gasteiger partial charge in [0.25, 0.3) is 0 Å². The van der Waals surface area contributed by atoms with Crippen LogP contribution in [-0.4, -0.2) is 42.1 Å². The van der Waals surface area contributed by atoms with Crippen molar-refractivity contribution in [3.05, 3.63) is 0 Å². The van der Waals surface area contributed by atoms with Gasteiger partial charge in [0.2, 0.25) is 0 Å². The van der Waals surface area contributed by atoms with E-state index in [4.69, 9.17) is 5.11 Å². The molecule has 0 aromatic carbocycles. The number of carboxylic acids is 1. The average Bonchev–Trinajstić information content (AvgIpc) is 2.07. The monoisotopic (exact) mass is 346 g/mol. The summed E-state index contributed by atoms with van der Waals surface area (Å²) in [6.07, 6.45) is -1.23. The van der Waals surface area contributed by atoms with Crippen LogP contribution in [0, 0.1) is 11.8 Å². The van der Waals surface area contributed by atoms with Crippen molar-refractivity contribution in [3.63, 3.8) is 0 Å². The van der Waals surface area contributed by atoms with Crippen molar-refractivity contribution < 1.29 is 91.4 Å². The number of hydrogen-bond donors (Lipinski definition) is 1. The minimum Gasteiger partial charge on any atom is -0.799 e. The SMILES string of the molecule is CC(C)CP(=O)([O-])CC(CCS(=O)(=O)[O-])C(=O)O.[Na+].[Na+]. The molecule has 0 aromatic heterocycles. The van der Waals surface area contributed by atoms with E-state index in [0.29, 0.717) is 0 Å². The van der Waals surface area contributed by atoms with Crippen molar-refractivity contribution in [1.82, 2.24) is 0 Å². The van der Waals surface area contributed by atoms with Crippen molar-refractivity contribution in [1.29, 1.82) is 0 Å². The van der Waals surface area contributed by atoms with E-state index in [0.717, 1.165) is 0 Å². The second-order valence-corrected chi connectivity index (χ2v) is 8.54. The summed E-state index contributed by atoms with van der Waals surface area (Å²) in [5.41, 5.74) is 0. The molecule has 0 spiro atoms. The van der Waals surface area contributed by atoms with Gasteiger partial charge in [-0.2, -0.15) is 0 Å². The number of carboxylic acid groups (broad SMARTS) is 1. The van der Waals surface area contributed by atoms with Crippen molar-refractivity contribution in [2.45, 2.75) is 20.3 Å². The first-order valence-electron chi connectivity index (χ1n) is 5.38. The molecule has 0 amide bonds. The molecule has 0 heterocycles. The van der Waals surface area contributed by atoms with E-state index in [2.05, 4.69) is 0 Å². The minimum absolute atomic E-state index is 0. The molecule has 11 heteroatoms. The van der Waals surface area contributed by atoms with Crippen LogP contribution in [0.25, 0.3) is 0 Å². The van der Waals surface area contributed by atoms with Crippen molar-refractivity contribution >= 4 is 23.5 Å². The van der Waals surface area contributed by atoms with Gasteiger partial charge >= 0.3 is 65.1 Å². The van der Waals surface area contributed by atoms with E-state index in [9.17, 15) is 27.2 Å². The molecule has 2 unspecified atom stereocenters. The molecule has 0 aliphatic rings. The van der Waals surface area contributed by atoms with Crippen molar-refractivity contribution in [3.8, 4) is 0 Å². The van der Waals surface area contributed by atoms with E-state index in [-0.39, 0.29) is 71.2 Å². The van der Waals surface area contributed by atoms with E-state index >= 15 is 0 Å². The smallest absolute Gasteiger partial charge is 0.799 e. The fourth-order valence-electron chi connectivity index (χ4n) is 1.55. The van der Waals surface area contributed by atoms with Gasteiger partial charge in [-0.1, -0.05) is 13.8 Å². The fourth-order valence-corrected chi connectivity index (χ4v) is 4.39. The molecule has 20 heavy (non-hydrogen) atoms. The van der Waals surface area contributed by atoms with Crippen LogP contribution in [0.3, 0.4) is 0 Å². The second-order valence-electron chi connectivity index (χ2n) is 4.66. The number of carbonyl (C=O) groups is 1. The molecule has 108 valence electrons. The summed E-state index contributed by atoms with van der Waals surface area (Å²) < 4.78 is 42.8. The fraction of sp³-hybridized carbons (Fsp3) is 0.889. The van der Waals surface area contributed by atoms with Gasteiger partial charge in [-0.05, 0) is 18.5 Å². The van der Waals surface area contributed by atoms with Crippen LogP contribution in [0.5, 0.6) is 0 Å². The van der Waals surface area contributed by atoms with Crippen LogP contribution in [0.4, 0.5) is 0 Å². The van der Waals surface area contributed by atoms with Crippen LogP contribution < -0.4 is 64.0 Å². The molecular formula is C9H17Na2O7PS. The van der Waals surface area contributed by atoms with Gasteiger partial charge in [0, 0.05) is 19.3 Å². The van der Waals surface area contributed by atoms with Gasteiger partial charge in [0.15, 0.2) is 0 Å². The Morgan fingerprint density at radius 2 is 1.70 bits per heavy atom.